The van der Waals surface area contributed by atoms with Crippen LogP contribution >= 0.6 is 11.6 Å². The highest BCUT2D eigenvalue weighted by molar-refractivity contribution is 7.91. The third kappa shape index (κ3) is 3.74. The van der Waals surface area contributed by atoms with Crippen LogP contribution in [0.5, 0.6) is 0 Å². The van der Waals surface area contributed by atoms with Crippen LogP contribution in [0, 0.1) is 0 Å². The lowest BCUT2D eigenvalue weighted by atomic mass is 10.0. The van der Waals surface area contributed by atoms with Gasteiger partial charge in [-0.3, -0.25) is 4.79 Å². The van der Waals surface area contributed by atoms with E-state index in [9.17, 15) is 18.0 Å². The Hall–Kier alpha value is -1.80. The highest BCUT2D eigenvalue weighted by Gasteiger charge is 2.49. The highest BCUT2D eigenvalue weighted by Crippen LogP contribution is 2.28. The number of piperazine rings is 1. The summed E-state index contributed by atoms with van der Waals surface area (Å²) in [6, 6.07) is 5.34. The Labute approximate surface area is 151 Å². The van der Waals surface area contributed by atoms with Crippen LogP contribution in [0.25, 0.3) is 0 Å². The van der Waals surface area contributed by atoms with Gasteiger partial charge >= 0.3 is 6.03 Å². The van der Waals surface area contributed by atoms with E-state index < -0.39 is 21.9 Å². The first-order chi connectivity index (χ1) is 11.8. The molecule has 136 valence electrons. The molecule has 0 saturated carbocycles. The summed E-state index contributed by atoms with van der Waals surface area (Å²) in [6.07, 6.45) is 0.320. The van der Waals surface area contributed by atoms with Gasteiger partial charge in [-0.05, 0) is 24.3 Å². The summed E-state index contributed by atoms with van der Waals surface area (Å²) in [7, 11) is -3.28. The molecule has 0 unspecified atom stereocenters. The molecule has 1 aromatic rings. The minimum atomic E-state index is -3.28. The molecule has 25 heavy (non-hydrogen) atoms. The molecule has 2 fully saturated rings. The van der Waals surface area contributed by atoms with Crippen LogP contribution in [0.15, 0.2) is 24.3 Å². The largest absolute Gasteiger partial charge is 0.335 e. The summed E-state index contributed by atoms with van der Waals surface area (Å²) in [6.45, 7) is 2.40. The molecule has 2 saturated heterocycles. The molecule has 1 aromatic carbocycles. The molecule has 9 heteroatoms. The smallest absolute Gasteiger partial charge is 0.322 e. The Kier molecular flexibility index (Phi) is 4.92. The molecule has 2 atom stereocenters. The molecule has 0 radical (unpaired) electrons. The Bertz CT molecular complexity index is 781. The fourth-order valence-corrected chi connectivity index (χ4v) is 5.55. The molecule has 1 N–H and O–H groups in total. The van der Waals surface area contributed by atoms with Gasteiger partial charge in [0.15, 0.2) is 9.84 Å². The van der Waals surface area contributed by atoms with Gasteiger partial charge in [-0.25, -0.2) is 13.2 Å². The summed E-state index contributed by atoms with van der Waals surface area (Å²) >= 11 is 5.83. The molecule has 0 spiro atoms. The van der Waals surface area contributed by atoms with Crippen LogP contribution in [-0.4, -0.2) is 66.8 Å². The Morgan fingerprint density at radius 2 is 1.68 bits per heavy atom. The number of amides is 3. The van der Waals surface area contributed by atoms with Gasteiger partial charge in [0.25, 0.3) is 0 Å². The zero-order valence-electron chi connectivity index (χ0n) is 13.8. The topological polar surface area (TPSA) is 86.8 Å². The van der Waals surface area contributed by atoms with E-state index in [0.717, 1.165) is 0 Å². The van der Waals surface area contributed by atoms with Gasteiger partial charge in [0.05, 0.1) is 23.6 Å². The molecule has 3 rings (SSSR count). The lowest BCUT2D eigenvalue weighted by molar-refractivity contribution is -0.135. The van der Waals surface area contributed by atoms with Gasteiger partial charge in [0.2, 0.25) is 5.91 Å². The Morgan fingerprint density at radius 3 is 2.28 bits per heavy atom. The first kappa shape index (κ1) is 18.0. The van der Waals surface area contributed by atoms with Crippen molar-refractivity contribution in [2.75, 3.05) is 29.9 Å². The number of fused-ring (bicyclic) bond motifs is 1. The summed E-state index contributed by atoms with van der Waals surface area (Å²) in [5.74, 6) is -0.280. The number of nitrogens with one attached hydrogen (secondary N) is 1. The van der Waals surface area contributed by atoms with Crippen LogP contribution in [0.4, 0.5) is 10.5 Å². The number of carbonyl (C=O) groups excluding carboxylic acids is 2. The first-order valence-corrected chi connectivity index (χ1v) is 10.3. The van der Waals surface area contributed by atoms with Crippen molar-refractivity contribution in [3.05, 3.63) is 29.3 Å². The lowest BCUT2D eigenvalue weighted by Crippen LogP contribution is -2.62. The van der Waals surface area contributed by atoms with Crippen LogP contribution < -0.4 is 5.32 Å². The van der Waals surface area contributed by atoms with Crippen molar-refractivity contribution < 1.29 is 18.0 Å². The van der Waals surface area contributed by atoms with E-state index in [1.165, 1.54) is 4.90 Å². The predicted octanol–water partition coefficient (Wildman–Crippen LogP) is 1.59. The average Bonchev–Trinajstić information content (AvgIpc) is 2.90. The van der Waals surface area contributed by atoms with Crippen molar-refractivity contribution in [1.29, 1.82) is 0 Å². The number of benzene rings is 1. The number of urea groups is 1. The monoisotopic (exact) mass is 385 g/mol. The molecule has 0 aliphatic carbocycles. The number of carbonyl (C=O) groups is 2. The molecule has 2 heterocycles. The first-order valence-electron chi connectivity index (χ1n) is 8.14. The van der Waals surface area contributed by atoms with E-state index in [2.05, 4.69) is 5.32 Å². The number of nitrogens with zero attached hydrogens (tertiary/aromatic N) is 2. The number of sulfone groups is 1. The van der Waals surface area contributed by atoms with E-state index in [1.54, 1.807) is 36.1 Å². The second kappa shape index (κ2) is 6.84. The van der Waals surface area contributed by atoms with Crippen molar-refractivity contribution in [2.45, 2.75) is 25.4 Å². The quantitative estimate of drug-likeness (QED) is 0.837. The normalized spacial score (nSPS) is 24.7. The van der Waals surface area contributed by atoms with E-state index in [-0.39, 0.29) is 23.4 Å². The molecular weight excluding hydrogens is 366 g/mol. The number of hydrogen-bond donors (Lipinski definition) is 1. The second-order valence-electron chi connectivity index (χ2n) is 6.28. The third-order valence-electron chi connectivity index (χ3n) is 4.66. The average molecular weight is 386 g/mol. The number of anilines is 1. The second-order valence-corrected chi connectivity index (χ2v) is 8.87. The SMILES string of the molecule is CCC(=O)N1CCN(C(=O)Nc2ccc(Cl)cc2)[C@@H]2CS(=O)(=O)C[C@@H]21. The van der Waals surface area contributed by atoms with Gasteiger partial charge in [-0.1, -0.05) is 18.5 Å². The van der Waals surface area contributed by atoms with E-state index in [1.807, 2.05) is 0 Å². The van der Waals surface area contributed by atoms with Crippen molar-refractivity contribution in [2.24, 2.45) is 0 Å². The molecule has 0 bridgehead atoms. The zero-order chi connectivity index (χ0) is 18.2. The highest BCUT2D eigenvalue weighted by atomic mass is 35.5. The number of halogens is 1. The van der Waals surface area contributed by atoms with Crippen LogP contribution in [0.3, 0.4) is 0 Å². The summed E-state index contributed by atoms with van der Waals surface area (Å²) in [5.41, 5.74) is 0.582. The van der Waals surface area contributed by atoms with E-state index in [0.29, 0.717) is 30.2 Å². The standard InChI is InChI=1S/C16H20ClN3O4S/c1-2-15(21)19-7-8-20(14-10-25(23,24)9-13(14)19)16(22)18-12-5-3-11(17)4-6-12/h3-6,13-14H,2,7-10H2,1H3,(H,18,22)/t13-,14+/m0/s1. The molecule has 2 aliphatic rings. The van der Waals surface area contributed by atoms with Crippen LogP contribution in [0.1, 0.15) is 13.3 Å². The summed E-state index contributed by atoms with van der Waals surface area (Å²) in [5, 5.41) is 3.33. The van der Waals surface area contributed by atoms with Crippen molar-refractivity contribution >= 4 is 39.1 Å². The summed E-state index contributed by atoms with van der Waals surface area (Å²) < 4.78 is 24.2. The molecule has 3 amide bonds. The fraction of sp³-hybridized carbons (Fsp3) is 0.500. The van der Waals surface area contributed by atoms with Gasteiger partial charge < -0.3 is 15.1 Å². The van der Waals surface area contributed by atoms with Crippen molar-refractivity contribution in [3.8, 4) is 0 Å². The van der Waals surface area contributed by atoms with Crippen molar-refractivity contribution in [3.63, 3.8) is 0 Å². The van der Waals surface area contributed by atoms with Crippen LogP contribution in [-0.2, 0) is 14.6 Å². The van der Waals surface area contributed by atoms with Gasteiger partial charge in [-0.2, -0.15) is 0 Å². The molecule has 7 nitrogen and oxygen atoms in total. The fourth-order valence-electron chi connectivity index (χ4n) is 3.45. The molecule has 0 aromatic heterocycles. The summed E-state index contributed by atoms with van der Waals surface area (Å²) in [4.78, 5) is 27.9. The Balaban J connectivity index is 1.79. The predicted molar refractivity (Wildman–Crippen MR) is 95.4 cm³/mol. The maximum absolute atomic E-state index is 12.6. The zero-order valence-corrected chi connectivity index (χ0v) is 15.4. The van der Waals surface area contributed by atoms with E-state index >= 15 is 0 Å². The maximum atomic E-state index is 12.6. The number of rotatable bonds is 2. The van der Waals surface area contributed by atoms with E-state index in [4.69, 9.17) is 11.6 Å². The lowest BCUT2D eigenvalue weighted by Gasteiger charge is -2.43. The van der Waals surface area contributed by atoms with Gasteiger partial charge in [0, 0.05) is 30.2 Å². The molecule has 2 aliphatic heterocycles. The number of hydrogen-bond acceptors (Lipinski definition) is 4. The Morgan fingerprint density at radius 1 is 1.12 bits per heavy atom. The minimum absolute atomic E-state index is 0.0788. The molecular formula is C16H20ClN3O4S. The maximum Gasteiger partial charge on any atom is 0.322 e. The van der Waals surface area contributed by atoms with Crippen LogP contribution in [0.2, 0.25) is 5.02 Å². The van der Waals surface area contributed by atoms with Gasteiger partial charge in [0.1, 0.15) is 0 Å². The van der Waals surface area contributed by atoms with Gasteiger partial charge in [-0.15, -0.1) is 0 Å². The van der Waals surface area contributed by atoms with Crippen molar-refractivity contribution in [1.82, 2.24) is 9.80 Å². The minimum Gasteiger partial charge on any atom is -0.335 e. The third-order valence-corrected chi connectivity index (χ3v) is 6.61.